The average molecular weight is 494 g/mol. The summed E-state index contributed by atoms with van der Waals surface area (Å²) in [6.07, 6.45) is 0. The van der Waals surface area contributed by atoms with Crippen molar-refractivity contribution in [2.45, 2.75) is 25.7 Å². The van der Waals surface area contributed by atoms with Crippen LogP contribution in [-0.4, -0.2) is 69.3 Å². The summed E-state index contributed by atoms with van der Waals surface area (Å²) in [5.41, 5.74) is 3.82. The molecule has 1 aliphatic heterocycles. The maximum absolute atomic E-state index is 13.0. The highest BCUT2D eigenvalue weighted by Crippen LogP contribution is 2.27. The van der Waals surface area contributed by atoms with Gasteiger partial charge in [-0.25, -0.2) is 8.42 Å². The predicted molar refractivity (Wildman–Crippen MR) is 127 cm³/mol. The Kier molecular flexibility index (Phi) is 7.79. The number of amides is 2. The molecule has 1 heterocycles. The van der Waals surface area contributed by atoms with E-state index < -0.39 is 15.9 Å². The molecule has 178 valence electrons. The van der Waals surface area contributed by atoms with Gasteiger partial charge >= 0.3 is 0 Å². The lowest BCUT2D eigenvalue weighted by molar-refractivity contribution is -0.116. The molecule has 33 heavy (non-hydrogen) atoms. The number of likely N-dealkylation sites (N-methyl/N-ethyl adjacent to an activating group) is 1. The highest BCUT2D eigenvalue weighted by Gasteiger charge is 2.29. The highest BCUT2D eigenvalue weighted by molar-refractivity contribution is 7.89. The number of benzene rings is 2. The van der Waals surface area contributed by atoms with E-state index in [1.54, 1.807) is 0 Å². The van der Waals surface area contributed by atoms with Gasteiger partial charge in [0.1, 0.15) is 4.90 Å². The minimum absolute atomic E-state index is 0.0313. The van der Waals surface area contributed by atoms with Crippen molar-refractivity contribution in [3.05, 3.63) is 57.6 Å². The third-order valence-corrected chi connectivity index (χ3v) is 7.82. The molecule has 10 heteroatoms. The molecule has 0 aromatic heterocycles. The molecule has 2 aromatic carbocycles. The van der Waals surface area contributed by atoms with E-state index >= 15 is 0 Å². The quantitative estimate of drug-likeness (QED) is 0.667. The smallest absolute Gasteiger partial charge is 0.254 e. The highest BCUT2D eigenvalue weighted by atomic mass is 35.5. The molecule has 3 rings (SSSR count). The number of rotatable bonds is 6. The zero-order chi connectivity index (χ0) is 24.3. The molecule has 0 atom stereocenters. The Morgan fingerprint density at radius 1 is 1.09 bits per heavy atom. The van der Waals surface area contributed by atoms with Gasteiger partial charge in [-0.2, -0.15) is 4.31 Å². The number of hydrogen-bond acceptors (Lipinski definition) is 5. The van der Waals surface area contributed by atoms with Crippen LogP contribution >= 0.6 is 11.6 Å². The van der Waals surface area contributed by atoms with E-state index in [9.17, 15) is 18.0 Å². The number of hydrogen-bond donors (Lipinski definition) is 1. The lowest BCUT2D eigenvalue weighted by Gasteiger charge is -2.26. The summed E-state index contributed by atoms with van der Waals surface area (Å²) in [4.78, 5) is 26.6. The van der Waals surface area contributed by atoms with Gasteiger partial charge in [-0.15, -0.1) is 0 Å². The number of carbonyl (C=O) groups is 2. The van der Waals surface area contributed by atoms with Crippen LogP contribution in [0.1, 0.15) is 27.0 Å². The van der Waals surface area contributed by atoms with E-state index in [-0.39, 0.29) is 41.0 Å². The maximum Gasteiger partial charge on any atom is 0.254 e. The van der Waals surface area contributed by atoms with Gasteiger partial charge in [-0.3, -0.25) is 9.59 Å². The van der Waals surface area contributed by atoms with E-state index in [0.717, 1.165) is 22.4 Å². The molecule has 1 saturated heterocycles. The largest absolute Gasteiger partial charge is 0.379 e. The van der Waals surface area contributed by atoms with Crippen molar-refractivity contribution in [3.8, 4) is 0 Å². The molecule has 2 amide bonds. The minimum atomic E-state index is -3.88. The van der Waals surface area contributed by atoms with Crippen LogP contribution in [0, 0.1) is 20.8 Å². The topological polar surface area (TPSA) is 96.0 Å². The molecule has 0 unspecified atom stereocenters. The molecule has 0 saturated carbocycles. The van der Waals surface area contributed by atoms with E-state index in [4.69, 9.17) is 16.3 Å². The Balaban J connectivity index is 1.75. The summed E-state index contributed by atoms with van der Waals surface area (Å²) in [5, 5.41) is 2.89. The summed E-state index contributed by atoms with van der Waals surface area (Å²) < 4.78 is 32.5. The van der Waals surface area contributed by atoms with Gasteiger partial charge in [0.2, 0.25) is 15.9 Å². The summed E-state index contributed by atoms with van der Waals surface area (Å²) in [6.45, 7) is 6.64. The van der Waals surface area contributed by atoms with Crippen LogP contribution in [0.4, 0.5) is 5.69 Å². The van der Waals surface area contributed by atoms with Crippen LogP contribution in [0.5, 0.6) is 0 Å². The van der Waals surface area contributed by atoms with E-state index in [1.165, 1.54) is 34.5 Å². The van der Waals surface area contributed by atoms with Crippen LogP contribution in [-0.2, 0) is 19.6 Å². The SMILES string of the molecule is Cc1cc(C)c(NC(=O)CN(C)C(=O)c2ccc(Cl)c(S(=O)(=O)N3CCOCC3)c2)c(C)c1. The fraction of sp³-hybridized carbons (Fsp3) is 0.391. The normalized spacial score (nSPS) is 14.7. The molecule has 2 aromatic rings. The van der Waals surface area contributed by atoms with E-state index in [0.29, 0.717) is 13.2 Å². The number of anilines is 1. The molecule has 0 radical (unpaired) electrons. The molecule has 1 aliphatic rings. The zero-order valence-electron chi connectivity index (χ0n) is 19.1. The van der Waals surface area contributed by atoms with Gasteiger partial charge in [-0.1, -0.05) is 29.3 Å². The van der Waals surface area contributed by atoms with Crippen LogP contribution in [0.3, 0.4) is 0 Å². The van der Waals surface area contributed by atoms with Gasteiger partial charge in [0.15, 0.2) is 0 Å². The van der Waals surface area contributed by atoms with Crippen molar-refractivity contribution < 1.29 is 22.7 Å². The zero-order valence-corrected chi connectivity index (χ0v) is 20.7. The van der Waals surface area contributed by atoms with Crippen LogP contribution < -0.4 is 5.32 Å². The Labute approximate surface area is 199 Å². The molecule has 1 N–H and O–H groups in total. The van der Waals surface area contributed by atoms with Crippen LogP contribution in [0.15, 0.2) is 35.2 Å². The number of carbonyl (C=O) groups excluding carboxylic acids is 2. The van der Waals surface area contributed by atoms with Crippen molar-refractivity contribution in [1.29, 1.82) is 0 Å². The van der Waals surface area contributed by atoms with Crippen molar-refractivity contribution >= 4 is 39.1 Å². The molecule has 0 bridgehead atoms. The average Bonchev–Trinajstić information content (AvgIpc) is 2.76. The standard InChI is InChI=1S/C23H28ClN3O5S/c1-15-11-16(2)22(17(3)12-15)25-21(28)14-26(4)23(29)18-5-6-19(24)20(13-18)33(30,31)27-7-9-32-10-8-27/h5-6,11-13H,7-10,14H2,1-4H3,(H,25,28). The monoisotopic (exact) mass is 493 g/mol. The molecular formula is C23H28ClN3O5S. The van der Waals surface area contributed by atoms with Crippen LogP contribution in [0.25, 0.3) is 0 Å². The third-order valence-electron chi connectivity index (χ3n) is 5.43. The lowest BCUT2D eigenvalue weighted by Crippen LogP contribution is -2.40. The number of nitrogens with one attached hydrogen (secondary N) is 1. The minimum Gasteiger partial charge on any atom is -0.379 e. The Morgan fingerprint density at radius 2 is 1.70 bits per heavy atom. The molecule has 8 nitrogen and oxygen atoms in total. The second kappa shape index (κ2) is 10.2. The first-order valence-electron chi connectivity index (χ1n) is 10.5. The molecule has 0 spiro atoms. The van der Waals surface area contributed by atoms with Gasteiger partial charge in [0.05, 0.1) is 24.8 Å². The molecule has 0 aliphatic carbocycles. The summed E-state index contributed by atoms with van der Waals surface area (Å²) in [6, 6.07) is 8.04. The Morgan fingerprint density at radius 3 is 2.30 bits per heavy atom. The third kappa shape index (κ3) is 5.73. The predicted octanol–water partition coefficient (Wildman–Crippen LogP) is 3.00. The first-order chi connectivity index (χ1) is 15.5. The number of sulfonamides is 1. The number of ether oxygens (including phenoxy) is 1. The van der Waals surface area contributed by atoms with Crippen molar-refractivity contribution in [3.63, 3.8) is 0 Å². The van der Waals surface area contributed by atoms with E-state index in [1.807, 2.05) is 32.9 Å². The van der Waals surface area contributed by atoms with Gasteiger partial charge in [0.25, 0.3) is 5.91 Å². The van der Waals surface area contributed by atoms with Crippen molar-refractivity contribution in [2.75, 3.05) is 45.2 Å². The van der Waals surface area contributed by atoms with Gasteiger partial charge < -0.3 is 15.0 Å². The molecular weight excluding hydrogens is 466 g/mol. The van der Waals surface area contributed by atoms with Crippen molar-refractivity contribution in [1.82, 2.24) is 9.21 Å². The first kappa shape index (κ1) is 25.2. The van der Waals surface area contributed by atoms with Crippen LogP contribution in [0.2, 0.25) is 5.02 Å². The summed E-state index contributed by atoms with van der Waals surface area (Å²) in [5.74, 6) is -0.839. The Bertz CT molecular complexity index is 1150. The second-order valence-corrected chi connectivity index (χ2v) is 10.5. The first-order valence-corrected chi connectivity index (χ1v) is 12.3. The number of aryl methyl sites for hydroxylation is 3. The molecule has 1 fully saturated rings. The van der Waals surface area contributed by atoms with Crippen molar-refractivity contribution in [2.24, 2.45) is 0 Å². The van der Waals surface area contributed by atoms with E-state index in [2.05, 4.69) is 5.32 Å². The number of morpholine rings is 1. The fourth-order valence-electron chi connectivity index (χ4n) is 3.82. The summed E-state index contributed by atoms with van der Waals surface area (Å²) >= 11 is 6.17. The summed E-state index contributed by atoms with van der Waals surface area (Å²) in [7, 11) is -2.39. The lowest BCUT2D eigenvalue weighted by atomic mass is 10.1. The van der Waals surface area contributed by atoms with Gasteiger partial charge in [-0.05, 0) is 50.1 Å². The Hall–Kier alpha value is -2.46. The number of halogens is 1. The fourth-order valence-corrected chi connectivity index (χ4v) is 5.73. The van der Waals surface area contributed by atoms with Gasteiger partial charge in [0, 0.05) is 31.4 Å². The second-order valence-electron chi connectivity index (χ2n) is 8.14. The number of nitrogens with zero attached hydrogens (tertiary/aromatic N) is 2. The maximum atomic E-state index is 13.0.